The van der Waals surface area contributed by atoms with E-state index in [9.17, 15) is 9.59 Å². The molecule has 1 aliphatic rings. The van der Waals surface area contributed by atoms with Gasteiger partial charge in [0.05, 0.1) is 18.6 Å². The Balaban J connectivity index is 1.50. The molecule has 1 heterocycles. The largest absolute Gasteiger partial charge is 0.497 e. The van der Waals surface area contributed by atoms with E-state index >= 15 is 0 Å². The summed E-state index contributed by atoms with van der Waals surface area (Å²) in [6.45, 7) is 0.291. The van der Waals surface area contributed by atoms with E-state index in [1.54, 1.807) is 13.2 Å². The van der Waals surface area contributed by atoms with Crippen molar-refractivity contribution in [3.05, 3.63) is 94.9 Å². The maximum Gasteiger partial charge on any atom is 0.293 e. The molecule has 2 amide bonds. The number of rotatable bonds is 5. The van der Waals surface area contributed by atoms with Gasteiger partial charge in [-0.3, -0.25) is 14.5 Å². The molecule has 1 aliphatic heterocycles. The van der Waals surface area contributed by atoms with Crippen LogP contribution in [0.1, 0.15) is 11.1 Å². The zero-order chi connectivity index (χ0) is 20.2. The third-order valence-corrected chi connectivity index (χ3v) is 5.60. The molecule has 1 saturated heterocycles. The predicted octanol–water partition coefficient (Wildman–Crippen LogP) is 5.60. The Bertz CT molecular complexity index is 1060. The second kappa shape index (κ2) is 8.37. The number of benzene rings is 3. The van der Waals surface area contributed by atoms with E-state index in [-0.39, 0.29) is 11.1 Å². The molecule has 0 unspecified atom stereocenters. The van der Waals surface area contributed by atoms with Crippen LogP contribution >= 0.6 is 11.8 Å². The van der Waals surface area contributed by atoms with Crippen LogP contribution in [0, 0.1) is 0 Å². The van der Waals surface area contributed by atoms with Gasteiger partial charge in [0.2, 0.25) is 0 Å². The summed E-state index contributed by atoms with van der Waals surface area (Å²) in [6.07, 6.45) is 1.77. The Morgan fingerprint density at radius 1 is 0.862 bits per heavy atom. The van der Waals surface area contributed by atoms with E-state index < -0.39 is 0 Å². The van der Waals surface area contributed by atoms with Gasteiger partial charge in [-0.1, -0.05) is 66.7 Å². The Morgan fingerprint density at radius 2 is 1.48 bits per heavy atom. The topological polar surface area (TPSA) is 46.6 Å². The van der Waals surface area contributed by atoms with E-state index in [1.807, 2.05) is 78.9 Å². The maximum atomic E-state index is 12.7. The summed E-state index contributed by atoms with van der Waals surface area (Å²) < 4.78 is 5.19. The molecule has 0 N–H and O–H groups in total. The first-order valence-electron chi connectivity index (χ1n) is 9.18. The van der Waals surface area contributed by atoms with Crippen molar-refractivity contribution < 1.29 is 14.3 Å². The molecule has 3 aromatic rings. The third-order valence-electron chi connectivity index (χ3n) is 4.69. The Morgan fingerprint density at radius 3 is 2.10 bits per heavy atom. The van der Waals surface area contributed by atoms with Gasteiger partial charge in [-0.15, -0.1) is 0 Å². The molecular weight excluding hydrogens is 382 g/mol. The van der Waals surface area contributed by atoms with Crippen molar-refractivity contribution in [3.63, 3.8) is 0 Å². The SMILES string of the molecule is COc1ccc(-c2ccc(/C=C3\SC(=O)N(Cc4ccccc4)C3=O)cc2)cc1. The number of hydrogen-bond acceptors (Lipinski definition) is 4. The van der Waals surface area contributed by atoms with Crippen LogP contribution in [0.4, 0.5) is 4.79 Å². The van der Waals surface area contributed by atoms with Crippen LogP contribution in [-0.4, -0.2) is 23.2 Å². The van der Waals surface area contributed by atoms with Gasteiger partial charge in [0.1, 0.15) is 5.75 Å². The molecule has 0 radical (unpaired) electrons. The highest BCUT2D eigenvalue weighted by atomic mass is 32.2. The summed E-state index contributed by atoms with van der Waals surface area (Å²) in [7, 11) is 1.64. The van der Waals surface area contributed by atoms with Crippen molar-refractivity contribution in [3.8, 4) is 16.9 Å². The Kier molecular flexibility index (Phi) is 5.49. The van der Waals surface area contributed by atoms with Crippen LogP contribution in [0.5, 0.6) is 5.75 Å². The quantitative estimate of drug-likeness (QED) is 0.522. The van der Waals surface area contributed by atoms with Gasteiger partial charge >= 0.3 is 0 Å². The number of ether oxygens (including phenoxy) is 1. The fourth-order valence-corrected chi connectivity index (χ4v) is 3.95. The molecule has 4 nitrogen and oxygen atoms in total. The first-order chi connectivity index (χ1) is 14.1. The number of carbonyl (C=O) groups excluding carboxylic acids is 2. The first-order valence-corrected chi connectivity index (χ1v) is 9.99. The van der Waals surface area contributed by atoms with Gasteiger partial charge in [0, 0.05) is 0 Å². The lowest BCUT2D eigenvalue weighted by Gasteiger charge is -2.12. The Hall–Kier alpha value is -3.31. The van der Waals surface area contributed by atoms with Crippen LogP contribution in [0.15, 0.2) is 83.8 Å². The zero-order valence-electron chi connectivity index (χ0n) is 15.9. The Labute approximate surface area is 173 Å². The molecular formula is C24H19NO3S. The van der Waals surface area contributed by atoms with E-state index in [1.165, 1.54) is 4.90 Å². The number of amides is 2. The highest BCUT2D eigenvalue weighted by molar-refractivity contribution is 8.18. The molecule has 0 atom stereocenters. The molecule has 3 aromatic carbocycles. The maximum absolute atomic E-state index is 12.7. The summed E-state index contributed by atoms with van der Waals surface area (Å²) in [5, 5.41) is -0.236. The second-order valence-electron chi connectivity index (χ2n) is 6.60. The zero-order valence-corrected chi connectivity index (χ0v) is 16.7. The number of nitrogens with zero attached hydrogens (tertiary/aromatic N) is 1. The fourth-order valence-electron chi connectivity index (χ4n) is 3.11. The molecule has 0 aromatic heterocycles. The molecule has 0 bridgehead atoms. The third kappa shape index (κ3) is 4.25. The van der Waals surface area contributed by atoms with Crippen LogP contribution in [0.25, 0.3) is 17.2 Å². The number of imide groups is 1. The summed E-state index contributed by atoms with van der Waals surface area (Å²) in [6, 6.07) is 25.3. The van der Waals surface area contributed by atoms with Gasteiger partial charge < -0.3 is 4.74 Å². The van der Waals surface area contributed by atoms with Crippen molar-refractivity contribution in [1.82, 2.24) is 4.90 Å². The normalized spacial score (nSPS) is 15.2. The first kappa shape index (κ1) is 19.0. The summed E-state index contributed by atoms with van der Waals surface area (Å²) in [5.74, 6) is 0.569. The molecule has 29 heavy (non-hydrogen) atoms. The number of methoxy groups -OCH3 is 1. The van der Waals surface area contributed by atoms with Crippen LogP contribution in [0.2, 0.25) is 0 Å². The lowest BCUT2D eigenvalue weighted by Crippen LogP contribution is -2.27. The molecule has 4 rings (SSSR count). The lowest BCUT2D eigenvalue weighted by atomic mass is 10.0. The highest BCUT2D eigenvalue weighted by Crippen LogP contribution is 2.33. The number of carbonyl (C=O) groups is 2. The molecule has 1 fully saturated rings. The monoisotopic (exact) mass is 401 g/mol. The van der Waals surface area contributed by atoms with Gasteiger partial charge in [-0.2, -0.15) is 0 Å². The second-order valence-corrected chi connectivity index (χ2v) is 7.60. The van der Waals surface area contributed by atoms with Crippen molar-refractivity contribution in [2.24, 2.45) is 0 Å². The number of hydrogen-bond donors (Lipinski definition) is 0. The summed E-state index contributed by atoms with van der Waals surface area (Å²) in [4.78, 5) is 26.7. The van der Waals surface area contributed by atoms with Crippen LogP contribution in [-0.2, 0) is 11.3 Å². The smallest absolute Gasteiger partial charge is 0.293 e. The van der Waals surface area contributed by atoms with Crippen molar-refractivity contribution in [1.29, 1.82) is 0 Å². The van der Waals surface area contributed by atoms with E-state index in [2.05, 4.69) is 0 Å². The van der Waals surface area contributed by atoms with Crippen molar-refractivity contribution in [2.75, 3.05) is 7.11 Å². The standard InChI is InChI=1S/C24H19NO3S/c1-28-21-13-11-20(12-14-21)19-9-7-17(8-10-19)15-22-23(26)25(24(27)29-22)16-18-5-3-2-4-6-18/h2-15H,16H2,1H3/b22-15-. The van der Waals surface area contributed by atoms with Gasteiger partial charge in [0.15, 0.2) is 0 Å². The number of thioether (sulfide) groups is 1. The minimum Gasteiger partial charge on any atom is -0.497 e. The highest BCUT2D eigenvalue weighted by Gasteiger charge is 2.34. The van der Waals surface area contributed by atoms with E-state index in [4.69, 9.17) is 4.74 Å². The van der Waals surface area contributed by atoms with Gasteiger partial charge in [-0.25, -0.2) is 0 Å². The van der Waals surface area contributed by atoms with Crippen molar-refractivity contribution in [2.45, 2.75) is 6.54 Å². The predicted molar refractivity (Wildman–Crippen MR) is 116 cm³/mol. The summed E-state index contributed by atoms with van der Waals surface area (Å²) >= 11 is 0.985. The average molecular weight is 401 g/mol. The molecule has 0 saturated carbocycles. The fraction of sp³-hybridized carbons (Fsp3) is 0.0833. The van der Waals surface area contributed by atoms with Crippen LogP contribution in [0.3, 0.4) is 0 Å². The van der Waals surface area contributed by atoms with Crippen molar-refractivity contribution >= 4 is 29.0 Å². The molecule has 0 aliphatic carbocycles. The van der Waals surface area contributed by atoms with E-state index in [0.717, 1.165) is 39.8 Å². The molecule has 144 valence electrons. The molecule has 5 heteroatoms. The lowest BCUT2D eigenvalue weighted by molar-refractivity contribution is -0.123. The van der Waals surface area contributed by atoms with Crippen LogP contribution < -0.4 is 4.74 Å². The average Bonchev–Trinajstić information content (AvgIpc) is 3.02. The summed E-state index contributed by atoms with van der Waals surface area (Å²) in [5.41, 5.74) is 3.97. The molecule has 0 spiro atoms. The minimum atomic E-state index is -0.247. The van der Waals surface area contributed by atoms with Gasteiger partial charge in [-0.05, 0) is 52.2 Å². The van der Waals surface area contributed by atoms with Gasteiger partial charge in [0.25, 0.3) is 11.1 Å². The van der Waals surface area contributed by atoms with E-state index in [0.29, 0.717) is 11.4 Å². The minimum absolute atomic E-state index is 0.236.